The van der Waals surface area contributed by atoms with Crippen molar-refractivity contribution >= 4 is 6.09 Å². The van der Waals surface area contributed by atoms with E-state index in [4.69, 9.17) is 23.7 Å². The number of epoxide rings is 2. The number of likely N-dealkylation sites (tertiary alicyclic amines) is 2. The van der Waals surface area contributed by atoms with E-state index in [-0.39, 0.29) is 41.5 Å². The van der Waals surface area contributed by atoms with E-state index in [0.29, 0.717) is 12.0 Å². The Morgan fingerprint density at radius 3 is 2.54 bits per heavy atom. The van der Waals surface area contributed by atoms with Gasteiger partial charge in [0.05, 0.1) is 24.7 Å². The molecule has 198 valence electrons. The van der Waals surface area contributed by atoms with Gasteiger partial charge >= 0.3 is 6.09 Å². The van der Waals surface area contributed by atoms with Crippen LogP contribution in [0.25, 0.3) is 0 Å². The molecule has 4 heterocycles. The SMILES string of the molecule is CO[C@@H]1CCN(CCC2CN(C(=O)O[C@@H]3CC[C@]4(CO4)[C@@H]([C@@]4(C)O[C@@H]4CC=C(C)C)[C@@H]3OC)C2)C1. The van der Waals surface area contributed by atoms with Gasteiger partial charge in [0.15, 0.2) is 0 Å². The number of allylic oxidation sites excluding steroid dienone is 1. The van der Waals surface area contributed by atoms with Gasteiger partial charge in [-0.05, 0) is 65.3 Å². The maximum absolute atomic E-state index is 13.0. The Kier molecular flexibility index (Phi) is 7.23. The first-order valence-corrected chi connectivity index (χ1v) is 13.5. The fourth-order valence-corrected chi connectivity index (χ4v) is 6.73. The van der Waals surface area contributed by atoms with Crippen LogP contribution in [0.1, 0.15) is 52.9 Å². The molecule has 1 saturated carbocycles. The van der Waals surface area contributed by atoms with Crippen molar-refractivity contribution in [3.8, 4) is 0 Å². The van der Waals surface area contributed by atoms with Crippen LogP contribution in [0.3, 0.4) is 0 Å². The quantitative estimate of drug-likeness (QED) is 0.361. The molecule has 0 radical (unpaired) electrons. The van der Waals surface area contributed by atoms with Gasteiger partial charge in [0, 0.05) is 40.4 Å². The summed E-state index contributed by atoms with van der Waals surface area (Å²) in [4.78, 5) is 17.3. The summed E-state index contributed by atoms with van der Waals surface area (Å²) in [7, 11) is 3.52. The maximum atomic E-state index is 13.0. The van der Waals surface area contributed by atoms with Gasteiger partial charge in [-0.15, -0.1) is 0 Å². The summed E-state index contributed by atoms with van der Waals surface area (Å²) in [6, 6.07) is 0. The molecule has 1 aliphatic carbocycles. The number of methoxy groups -OCH3 is 2. The summed E-state index contributed by atoms with van der Waals surface area (Å²) in [5, 5.41) is 0. The smallest absolute Gasteiger partial charge is 0.410 e. The molecule has 1 spiro atoms. The second-order valence-corrected chi connectivity index (χ2v) is 11.8. The van der Waals surface area contributed by atoms with Gasteiger partial charge < -0.3 is 33.5 Å². The molecule has 0 unspecified atom stereocenters. The van der Waals surface area contributed by atoms with Gasteiger partial charge in [0.2, 0.25) is 0 Å². The molecular formula is C27H44N2O6. The number of hydrogen-bond donors (Lipinski definition) is 0. The highest BCUT2D eigenvalue weighted by atomic mass is 16.6. The monoisotopic (exact) mass is 492 g/mol. The standard InChI is InChI=1S/C27H44N2O6/c1-18(2)6-7-22-26(3,35-22)24-23(32-5)21(8-11-27(24)17-33-27)34-25(30)29-14-19(15-29)9-12-28-13-10-20(16-28)31-4/h6,19-24H,7-17H2,1-5H3/t20-,21-,22-,23-,24-,26+,27+/m1/s1. The van der Waals surface area contributed by atoms with Crippen LogP contribution in [-0.4, -0.2) is 105 Å². The number of amides is 1. The Morgan fingerprint density at radius 1 is 1.14 bits per heavy atom. The molecule has 0 aromatic carbocycles. The number of rotatable bonds is 9. The van der Waals surface area contributed by atoms with Crippen LogP contribution in [0.2, 0.25) is 0 Å². The number of nitrogens with zero attached hydrogens (tertiary/aromatic N) is 2. The molecule has 8 heteroatoms. The van der Waals surface area contributed by atoms with Crippen LogP contribution in [0.5, 0.6) is 0 Å². The molecule has 4 saturated heterocycles. The molecule has 4 aliphatic heterocycles. The van der Waals surface area contributed by atoms with E-state index in [1.165, 1.54) is 5.57 Å². The van der Waals surface area contributed by atoms with E-state index in [9.17, 15) is 4.79 Å². The third-order valence-corrected chi connectivity index (χ3v) is 9.12. The fraction of sp³-hybridized carbons (Fsp3) is 0.889. The lowest BCUT2D eigenvalue weighted by Crippen LogP contribution is -2.57. The number of carbonyl (C=O) groups excluding carboxylic acids is 1. The summed E-state index contributed by atoms with van der Waals surface area (Å²) in [5.41, 5.74) is 0.788. The highest BCUT2D eigenvalue weighted by Gasteiger charge is 2.72. The lowest BCUT2D eigenvalue weighted by molar-refractivity contribution is -0.124. The molecule has 8 nitrogen and oxygen atoms in total. The molecule has 0 aromatic rings. The first-order chi connectivity index (χ1) is 16.8. The van der Waals surface area contributed by atoms with Crippen molar-refractivity contribution in [3.63, 3.8) is 0 Å². The first kappa shape index (κ1) is 25.5. The molecular weight excluding hydrogens is 448 g/mol. The van der Waals surface area contributed by atoms with Crippen molar-refractivity contribution in [1.29, 1.82) is 0 Å². The van der Waals surface area contributed by atoms with Crippen LogP contribution < -0.4 is 0 Å². The van der Waals surface area contributed by atoms with E-state index < -0.39 is 0 Å². The topological polar surface area (TPSA) is 76.3 Å². The van der Waals surface area contributed by atoms with E-state index in [1.807, 2.05) is 4.90 Å². The van der Waals surface area contributed by atoms with E-state index >= 15 is 0 Å². The van der Waals surface area contributed by atoms with Crippen molar-refractivity contribution in [2.45, 2.75) is 88.5 Å². The first-order valence-electron chi connectivity index (χ1n) is 13.5. The third kappa shape index (κ3) is 5.14. The van der Waals surface area contributed by atoms with E-state index in [2.05, 4.69) is 31.7 Å². The van der Waals surface area contributed by atoms with Crippen molar-refractivity contribution in [2.75, 3.05) is 53.6 Å². The Labute approximate surface area is 210 Å². The highest BCUT2D eigenvalue weighted by Crippen LogP contribution is 2.59. The van der Waals surface area contributed by atoms with Crippen molar-refractivity contribution in [1.82, 2.24) is 9.80 Å². The minimum absolute atomic E-state index is 0.0580. The van der Waals surface area contributed by atoms with Gasteiger partial charge in [0.25, 0.3) is 0 Å². The Hall–Kier alpha value is -1.19. The zero-order chi connectivity index (χ0) is 24.8. The normalized spacial score (nSPS) is 41.1. The van der Waals surface area contributed by atoms with Crippen molar-refractivity contribution in [3.05, 3.63) is 11.6 Å². The predicted octanol–water partition coefficient (Wildman–Crippen LogP) is 3.24. The zero-order valence-corrected chi connectivity index (χ0v) is 22.2. The molecule has 5 aliphatic rings. The van der Waals surface area contributed by atoms with Crippen LogP contribution in [0, 0.1) is 11.8 Å². The van der Waals surface area contributed by atoms with Crippen LogP contribution in [0.15, 0.2) is 11.6 Å². The average molecular weight is 493 g/mol. The zero-order valence-electron chi connectivity index (χ0n) is 22.2. The van der Waals surface area contributed by atoms with E-state index in [1.54, 1.807) is 14.2 Å². The fourth-order valence-electron chi connectivity index (χ4n) is 6.73. The van der Waals surface area contributed by atoms with Gasteiger partial charge in [-0.2, -0.15) is 0 Å². The molecule has 0 aromatic heterocycles. The summed E-state index contributed by atoms with van der Waals surface area (Å²) >= 11 is 0. The van der Waals surface area contributed by atoms with Gasteiger partial charge in [0.1, 0.15) is 23.4 Å². The second-order valence-electron chi connectivity index (χ2n) is 11.8. The lowest BCUT2D eigenvalue weighted by atomic mass is 9.68. The summed E-state index contributed by atoms with van der Waals surface area (Å²) < 4.78 is 29.8. The number of ether oxygens (including phenoxy) is 5. The Bertz CT molecular complexity index is 805. The van der Waals surface area contributed by atoms with Crippen molar-refractivity contribution < 1.29 is 28.5 Å². The van der Waals surface area contributed by atoms with Gasteiger partial charge in [-0.1, -0.05) is 11.6 Å². The lowest BCUT2D eigenvalue weighted by Gasteiger charge is -2.44. The molecule has 7 atom stereocenters. The number of carbonyl (C=O) groups is 1. The Morgan fingerprint density at radius 2 is 1.91 bits per heavy atom. The average Bonchev–Trinajstić information content (AvgIpc) is 3.66. The van der Waals surface area contributed by atoms with Gasteiger partial charge in [-0.25, -0.2) is 4.79 Å². The Balaban J connectivity index is 1.12. The number of hydrogen-bond acceptors (Lipinski definition) is 7. The molecule has 0 N–H and O–H groups in total. The summed E-state index contributed by atoms with van der Waals surface area (Å²) in [6.07, 6.45) is 6.84. The highest BCUT2D eigenvalue weighted by molar-refractivity contribution is 5.69. The van der Waals surface area contributed by atoms with Crippen molar-refractivity contribution in [2.24, 2.45) is 11.8 Å². The summed E-state index contributed by atoms with van der Waals surface area (Å²) in [5.74, 6) is 0.613. The molecule has 5 fully saturated rings. The predicted molar refractivity (Wildman–Crippen MR) is 131 cm³/mol. The van der Waals surface area contributed by atoms with Crippen LogP contribution >= 0.6 is 0 Å². The second kappa shape index (κ2) is 9.93. The maximum Gasteiger partial charge on any atom is 0.410 e. The molecule has 0 bridgehead atoms. The van der Waals surface area contributed by atoms with Crippen LogP contribution in [-0.2, 0) is 23.7 Å². The van der Waals surface area contributed by atoms with Gasteiger partial charge in [-0.3, -0.25) is 0 Å². The molecule has 5 rings (SSSR count). The molecule has 1 amide bonds. The molecule has 35 heavy (non-hydrogen) atoms. The summed E-state index contributed by atoms with van der Waals surface area (Å²) in [6.45, 7) is 11.9. The largest absolute Gasteiger partial charge is 0.443 e. The van der Waals surface area contributed by atoms with Crippen LogP contribution in [0.4, 0.5) is 4.79 Å². The minimum atomic E-state index is -0.312. The third-order valence-electron chi connectivity index (χ3n) is 9.12. The van der Waals surface area contributed by atoms with E-state index in [0.717, 1.165) is 71.4 Å². The minimum Gasteiger partial charge on any atom is -0.443 e.